The Bertz CT molecular complexity index is 2650. The zero-order chi connectivity index (χ0) is 38.7. The van der Waals surface area contributed by atoms with Crippen molar-refractivity contribution in [3.63, 3.8) is 0 Å². The van der Waals surface area contributed by atoms with Crippen molar-refractivity contribution in [1.82, 2.24) is 19.1 Å². The summed E-state index contributed by atoms with van der Waals surface area (Å²) >= 11 is 0. The summed E-state index contributed by atoms with van der Waals surface area (Å²) in [6, 6.07) is 38.5. The predicted molar refractivity (Wildman–Crippen MR) is 224 cm³/mol. The molecule has 0 fully saturated rings. The van der Waals surface area contributed by atoms with Crippen LogP contribution >= 0.6 is 0 Å². The Morgan fingerprint density at radius 3 is 1.98 bits per heavy atom. The molecule has 8 rings (SSSR count). The SMILES string of the molecule is CC(C)(C)c1cc(-[n+]2[c-]n(-c3cncc(Oc4ccc5c6ccccc6n(-c6cc(C(C)(C)C)ccn6)c5c4)c3)cc2-c2ccccc2)cc(C(C)(C)C)c1. The van der Waals surface area contributed by atoms with Crippen LogP contribution in [0.4, 0.5) is 0 Å². The first-order valence-corrected chi connectivity index (χ1v) is 19.1. The van der Waals surface area contributed by atoms with Crippen LogP contribution < -0.4 is 9.30 Å². The quantitative estimate of drug-likeness (QED) is 0.127. The number of rotatable bonds is 6. The van der Waals surface area contributed by atoms with E-state index in [4.69, 9.17) is 9.72 Å². The lowest BCUT2D eigenvalue weighted by Crippen LogP contribution is -2.33. The van der Waals surface area contributed by atoms with Crippen LogP contribution in [0.5, 0.6) is 11.5 Å². The second kappa shape index (κ2) is 13.4. The van der Waals surface area contributed by atoms with Gasteiger partial charge >= 0.3 is 0 Å². The fourth-order valence-corrected chi connectivity index (χ4v) is 7.12. The molecule has 0 aliphatic rings. The van der Waals surface area contributed by atoms with Gasteiger partial charge in [0.25, 0.3) is 6.33 Å². The van der Waals surface area contributed by atoms with E-state index in [1.807, 2.05) is 35.2 Å². The summed E-state index contributed by atoms with van der Waals surface area (Å²) in [6.07, 6.45) is 11.3. The molecule has 55 heavy (non-hydrogen) atoms. The molecular weight excluding hydrogens is 675 g/mol. The van der Waals surface area contributed by atoms with Crippen molar-refractivity contribution in [2.45, 2.75) is 78.6 Å². The van der Waals surface area contributed by atoms with E-state index in [0.717, 1.165) is 44.9 Å². The second-order valence-corrected chi connectivity index (χ2v) is 17.6. The zero-order valence-electron chi connectivity index (χ0n) is 33.3. The molecule has 0 saturated carbocycles. The molecule has 0 radical (unpaired) electrons. The van der Waals surface area contributed by atoms with Crippen molar-refractivity contribution in [3.05, 3.63) is 157 Å². The number of hydrogen-bond acceptors (Lipinski definition) is 3. The van der Waals surface area contributed by atoms with Crippen LogP contribution in [0.3, 0.4) is 0 Å². The molecule has 0 aliphatic carbocycles. The summed E-state index contributed by atoms with van der Waals surface area (Å²) in [4.78, 5) is 9.48. The third kappa shape index (κ3) is 7.05. The van der Waals surface area contributed by atoms with Crippen LogP contribution in [0.2, 0.25) is 0 Å². The largest absolute Gasteiger partial charge is 0.456 e. The van der Waals surface area contributed by atoms with Crippen molar-refractivity contribution in [2.75, 3.05) is 0 Å². The lowest BCUT2D eigenvalue weighted by atomic mass is 9.80. The molecule has 4 heterocycles. The van der Waals surface area contributed by atoms with Gasteiger partial charge in [-0.25, -0.2) is 4.98 Å². The zero-order valence-corrected chi connectivity index (χ0v) is 33.3. The predicted octanol–water partition coefficient (Wildman–Crippen LogP) is 11.8. The standard InChI is InChI=1S/C49H49N5O/c1-47(2,3)34-21-22-51-46(26-34)54-43-18-14-13-17-41(43)42-20-19-39(28-44(42)54)55-40-27-38(29-50-30-40)52-31-45(33-15-11-10-12-16-33)53(32-52)37-24-35(48(4,5)6)23-36(25-37)49(7,8)9/h10-31H,1-9H3. The van der Waals surface area contributed by atoms with Gasteiger partial charge in [-0.05, 0) is 87.0 Å². The van der Waals surface area contributed by atoms with E-state index in [9.17, 15) is 0 Å². The molecule has 6 heteroatoms. The van der Waals surface area contributed by atoms with Gasteiger partial charge in [0.05, 0.1) is 34.3 Å². The monoisotopic (exact) mass is 723 g/mol. The molecule has 276 valence electrons. The number of pyridine rings is 2. The first-order valence-electron chi connectivity index (χ1n) is 19.1. The maximum atomic E-state index is 6.60. The minimum absolute atomic E-state index is 0.00710. The molecule has 4 aromatic heterocycles. The van der Waals surface area contributed by atoms with Crippen molar-refractivity contribution in [2.24, 2.45) is 0 Å². The molecule has 0 unspecified atom stereocenters. The Morgan fingerprint density at radius 2 is 1.27 bits per heavy atom. The number of hydrogen-bond donors (Lipinski definition) is 0. The normalized spacial score (nSPS) is 12.5. The number of nitrogens with zero attached hydrogens (tertiary/aromatic N) is 5. The summed E-state index contributed by atoms with van der Waals surface area (Å²) in [5.41, 5.74) is 9.92. The fraction of sp³-hybridized carbons (Fsp3) is 0.245. The molecule has 0 atom stereocenters. The highest BCUT2D eigenvalue weighted by atomic mass is 16.5. The molecule has 6 nitrogen and oxygen atoms in total. The Balaban J connectivity index is 1.21. The van der Waals surface area contributed by atoms with Gasteiger partial charge in [0, 0.05) is 35.4 Å². The molecule has 0 spiro atoms. The van der Waals surface area contributed by atoms with Gasteiger partial charge in [0.15, 0.2) is 0 Å². The van der Waals surface area contributed by atoms with Gasteiger partial charge in [-0.1, -0.05) is 117 Å². The summed E-state index contributed by atoms with van der Waals surface area (Å²) < 4.78 is 13.0. The maximum absolute atomic E-state index is 6.60. The van der Waals surface area contributed by atoms with Crippen LogP contribution in [0.15, 0.2) is 134 Å². The number of aromatic nitrogens is 5. The number of benzene rings is 4. The summed E-state index contributed by atoms with van der Waals surface area (Å²) in [6.45, 7) is 20.3. The van der Waals surface area contributed by atoms with E-state index < -0.39 is 0 Å². The van der Waals surface area contributed by atoms with E-state index in [0.29, 0.717) is 11.5 Å². The number of fused-ring (bicyclic) bond motifs is 3. The minimum Gasteiger partial charge on any atom is -0.456 e. The molecule has 8 aromatic rings. The van der Waals surface area contributed by atoms with E-state index in [1.54, 1.807) is 6.20 Å². The van der Waals surface area contributed by atoms with Crippen molar-refractivity contribution in [3.8, 4) is 39.9 Å². The lowest BCUT2D eigenvalue weighted by Gasteiger charge is -2.26. The second-order valence-electron chi connectivity index (χ2n) is 17.6. The van der Waals surface area contributed by atoms with Crippen LogP contribution in [0.1, 0.15) is 79.0 Å². The highest BCUT2D eigenvalue weighted by Gasteiger charge is 2.23. The minimum atomic E-state index is -0.0218. The molecule has 0 bridgehead atoms. The van der Waals surface area contributed by atoms with E-state index in [2.05, 4.69) is 180 Å². The Kier molecular flexibility index (Phi) is 8.76. The number of ether oxygens (including phenoxy) is 1. The van der Waals surface area contributed by atoms with E-state index in [-0.39, 0.29) is 16.2 Å². The van der Waals surface area contributed by atoms with Gasteiger partial charge in [-0.15, -0.1) is 0 Å². The molecule has 0 aliphatic heterocycles. The maximum Gasteiger partial charge on any atom is 0.269 e. The smallest absolute Gasteiger partial charge is 0.269 e. The number of imidazole rings is 1. The highest BCUT2D eigenvalue weighted by molar-refractivity contribution is 6.09. The third-order valence-electron chi connectivity index (χ3n) is 10.4. The average Bonchev–Trinajstić information content (AvgIpc) is 3.74. The summed E-state index contributed by atoms with van der Waals surface area (Å²) in [7, 11) is 0. The first kappa shape index (κ1) is 36.0. The van der Waals surface area contributed by atoms with Gasteiger partial charge in [0.2, 0.25) is 0 Å². The van der Waals surface area contributed by atoms with Crippen LogP contribution in [0.25, 0.3) is 50.3 Å². The third-order valence-corrected chi connectivity index (χ3v) is 10.4. The van der Waals surface area contributed by atoms with Crippen molar-refractivity contribution < 1.29 is 9.30 Å². The average molecular weight is 724 g/mol. The van der Waals surface area contributed by atoms with Gasteiger partial charge < -0.3 is 4.74 Å². The first-order chi connectivity index (χ1) is 26.1. The molecule has 0 N–H and O–H groups in total. The molecular formula is C49H49N5O. The number of para-hydroxylation sites is 1. The topological polar surface area (TPSA) is 48.8 Å². The van der Waals surface area contributed by atoms with E-state index >= 15 is 0 Å². The molecule has 0 amide bonds. The van der Waals surface area contributed by atoms with Gasteiger partial charge in [0.1, 0.15) is 17.3 Å². The Morgan fingerprint density at radius 1 is 0.600 bits per heavy atom. The van der Waals surface area contributed by atoms with Crippen LogP contribution in [0, 0.1) is 6.33 Å². The van der Waals surface area contributed by atoms with Crippen LogP contribution in [-0.4, -0.2) is 19.1 Å². The molecule has 0 saturated heterocycles. The van der Waals surface area contributed by atoms with Gasteiger partial charge in [-0.3, -0.25) is 18.7 Å². The van der Waals surface area contributed by atoms with Crippen molar-refractivity contribution >= 4 is 21.8 Å². The Hall–Kier alpha value is -6.01. The lowest BCUT2D eigenvalue weighted by molar-refractivity contribution is -0.588. The van der Waals surface area contributed by atoms with Gasteiger partial charge in [-0.2, -0.15) is 0 Å². The summed E-state index contributed by atoms with van der Waals surface area (Å²) in [5.74, 6) is 2.23. The van der Waals surface area contributed by atoms with Crippen LogP contribution in [-0.2, 0) is 16.2 Å². The highest BCUT2D eigenvalue weighted by Crippen LogP contribution is 2.36. The summed E-state index contributed by atoms with van der Waals surface area (Å²) in [5, 5.41) is 2.31. The molecule has 4 aromatic carbocycles. The van der Waals surface area contributed by atoms with E-state index in [1.165, 1.54) is 22.1 Å². The fourth-order valence-electron chi connectivity index (χ4n) is 7.12. The van der Waals surface area contributed by atoms with Crippen molar-refractivity contribution in [1.29, 1.82) is 0 Å². The Labute approximate surface area is 324 Å².